The van der Waals surface area contributed by atoms with Gasteiger partial charge in [0, 0.05) is 22.9 Å². The van der Waals surface area contributed by atoms with Gasteiger partial charge in [-0.15, -0.1) is 11.3 Å². The Morgan fingerprint density at radius 3 is 2.85 bits per heavy atom. The number of nitrogens with one attached hydrogen (secondary N) is 1. The molecule has 0 amide bonds. The van der Waals surface area contributed by atoms with Crippen LogP contribution in [0.3, 0.4) is 0 Å². The van der Waals surface area contributed by atoms with Crippen LogP contribution >= 0.6 is 11.3 Å². The van der Waals surface area contributed by atoms with Crippen LogP contribution in [0.5, 0.6) is 0 Å². The molecule has 13 heavy (non-hydrogen) atoms. The summed E-state index contributed by atoms with van der Waals surface area (Å²) in [6.45, 7) is 4.69. The van der Waals surface area contributed by atoms with Gasteiger partial charge in [0.1, 0.15) is 0 Å². The molecule has 0 aliphatic carbocycles. The molecule has 1 N–H and O–H groups in total. The molecule has 1 unspecified atom stereocenters. The number of ketones is 1. The number of thiophene rings is 1. The molecular weight excluding hydrogens is 182 g/mol. The second-order valence-electron chi connectivity index (χ2n) is 3.21. The maximum Gasteiger partial charge on any atom is 0.168 e. The molecule has 1 aromatic rings. The summed E-state index contributed by atoms with van der Waals surface area (Å²) in [5, 5.41) is 4.98. The van der Waals surface area contributed by atoms with Crippen LogP contribution in [0, 0.1) is 12.8 Å². The molecule has 0 saturated carbocycles. The average Bonchev–Trinajstić information content (AvgIpc) is 2.50. The van der Waals surface area contributed by atoms with Crippen LogP contribution in [0.15, 0.2) is 11.4 Å². The molecule has 1 atom stereocenters. The molecule has 0 spiro atoms. The van der Waals surface area contributed by atoms with E-state index in [1.807, 2.05) is 32.3 Å². The van der Waals surface area contributed by atoms with Gasteiger partial charge >= 0.3 is 0 Å². The minimum absolute atomic E-state index is 0.0679. The van der Waals surface area contributed by atoms with Gasteiger partial charge < -0.3 is 5.32 Å². The lowest BCUT2D eigenvalue weighted by Crippen LogP contribution is -2.23. The van der Waals surface area contributed by atoms with E-state index in [0.717, 1.165) is 17.0 Å². The highest BCUT2D eigenvalue weighted by molar-refractivity contribution is 7.10. The van der Waals surface area contributed by atoms with Gasteiger partial charge in [0.25, 0.3) is 0 Å². The van der Waals surface area contributed by atoms with Crippen LogP contribution < -0.4 is 5.32 Å². The summed E-state index contributed by atoms with van der Waals surface area (Å²) in [7, 11) is 1.87. The Morgan fingerprint density at radius 1 is 1.69 bits per heavy atom. The van der Waals surface area contributed by atoms with Crippen LogP contribution in [-0.2, 0) is 0 Å². The van der Waals surface area contributed by atoms with Gasteiger partial charge in [-0.1, -0.05) is 6.92 Å². The van der Waals surface area contributed by atoms with E-state index in [1.54, 1.807) is 11.3 Å². The lowest BCUT2D eigenvalue weighted by molar-refractivity contribution is 0.0930. The first-order valence-corrected chi connectivity index (χ1v) is 5.27. The Balaban J connectivity index is 2.73. The van der Waals surface area contributed by atoms with Crippen molar-refractivity contribution >= 4 is 17.1 Å². The largest absolute Gasteiger partial charge is 0.319 e. The fourth-order valence-electron chi connectivity index (χ4n) is 1.30. The van der Waals surface area contributed by atoms with Crippen molar-refractivity contribution in [3.8, 4) is 0 Å². The van der Waals surface area contributed by atoms with Gasteiger partial charge in [-0.2, -0.15) is 0 Å². The Bertz CT molecular complexity index is 293. The topological polar surface area (TPSA) is 29.1 Å². The number of aryl methyl sites for hydroxylation is 1. The highest BCUT2D eigenvalue weighted by atomic mass is 32.1. The van der Waals surface area contributed by atoms with Crippen LogP contribution in [0.1, 0.15) is 22.2 Å². The predicted molar refractivity (Wildman–Crippen MR) is 56.5 cm³/mol. The Morgan fingerprint density at radius 2 is 2.38 bits per heavy atom. The third-order valence-corrected chi connectivity index (χ3v) is 2.93. The summed E-state index contributed by atoms with van der Waals surface area (Å²) < 4.78 is 0. The zero-order valence-corrected chi connectivity index (χ0v) is 9.07. The third-order valence-electron chi connectivity index (χ3n) is 2.08. The summed E-state index contributed by atoms with van der Waals surface area (Å²) >= 11 is 1.63. The minimum Gasteiger partial charge on any atom is -0.319 e. The monoisotopic (exact) mass is 197 g/mol. The van der Waals surface area contributed by atoms with Crippen molar-refractivity contribution in [2.24, 2.45) is 5.92 Å². The first-order chi connectivity index (χ1) is 6.16. The lowest BCUT2D eigenvalue weighted by Gasteiger charge is -2.08. The number of rotatable bonds is 4. The zero-order chi connectivity index (χ0) is 9.84. The van der Waals surface area contributed by atoms with Crippen molar-refractivity contribution in [3.05, 3.63) is 21.9 Å². The molecule has 72 valence electrons. The van der Waals surface area contributed by atoms with Crippen molar-refractivity contribution in [1.82, 2.24) is 5.32 Å². The highest BCUT2D eigenvalue weighted by Crippen LogP contribution is 2.18. The summed E-state index contributed by atoms with van der Waals surface area (Å²) in [6, 6.07) is 1.91. The van der Waals surface area contributed by atoms with E-state index in [0.29, 0.717) is 0 Å². The van der Waals surface area contributed by atoms with E-state index >= 15 is 0 Å². The molecule has 2 nitrogen and oxygen atoms in total. The molecule has 0 aliphatic rings. The molecule has 0 fully saturated rings. The van der Waals surface area contributed by atoms with Crippen LogP contribution in [-0.4, -0.2) is 19.4 Å². The highest BCUT2D eigenvalue weighted by Gasteiger charge is 2.16. The summed E-state index contributed by atoms with van der Waals surface area (Å²) in [5.41, 5.74) is 0.882. The molecule has 0 aromatic carbocycles. The maximum absolute atomic E-state index is 11.8. The molecular formula is C10H15NOS. The molecule has 1 rings (SSSR count). The van der Waals surface area contributed by atoms with Crippen molar-refractivity contribution in [2.75, 3.05) is 13.6 Å². The Labute approximate surface area is 83.0 Å². The standard InChI is InChI=1S/C10H15NOS/c1-7(6-11-3)10(12)9-4-5-13-8(9)2/h4-5,7,11H,6H2,1-3H3. The van der Waals surface area contributed by atoms with E-state index in [9.17, 15) is 4.79 Å². The summed E-state index contributed by atoms with van der Waals surface area (Å²) in [5.74, 6) is 0.311. The van der Waals surface area contributed by atoms with Gasteiger partial charge in [0.2, 0.25) is 0 Å². The minimum atomic E-state index is 0.0679. The Kier molecular flexibility index (Phi) is 3.63. The van der Waals surface area contributed by atoms with Gasteiger partial charge in [0.05, 0.1) is 0 Å². The predicted octanol–water partition coefficient (Wildman–Crippen LogP) is 2.09. The Hall–Kier alpha value is -0.670. The molecule has 1 aromatic heterocycles. The number of carbonyl (C=O) groups excluding carboxylic acids is 1. The maximum atomic E-state index is 11.8. The van der Waals surface area contributed by atoms with E-state index in [4.69, 9.17) is 0 Å². The number of hydrogen-bond donors (Lipinski definition) is 1. The lowest BCUT2D eigenvalue weighted by atomic mass is 10.0. The molecule has 0 saturated heterocycles. The first-order valence-electron chi connectivity index (χ1n) is 4.39. The normalized spacial score (nSPS) is 12.8. The molecule has 0 bridgehead atoms. The van der Waals surface area contributed by atoms with Crippen LogP contribution in [0.25, 0.3) is 0 Å². The fourth-order valence-corrected chi connectivity index (χ4v) is 2.01. The third kappa shape index (κ3) is 2.39. The van der Waals surface area contributed by atoms with E-state index in [2.05, 4.69) is 5.32 Å². The number of Topliss-reactive ketones (excluding diaryl/α,β-unsaturated/α-hetero) is 1. The number of carbonyl (C=O) groups is 1. The average molecular weight is 197 g/mol. The van der Waals surface area contributed by atoms with Gasteiger partial charge in [0.15, 0.2) is 5.78 Å². The van der Waals surface area contributed by atoms with Crippen molar-refractivity contribution in [3.63, 3.8) is 0 Å². The van der Waals surface area contributed by atoms with Crippen molar-refractivity contribution in [2.45, 2.75) is 13.8 Å². The number of hydrogen-bond acceptors (Lipinski definition) is 3. The van der Waals surface area contributed by atoms with E-state index in [-0.39, 0.29) is 11.7 Å². The molecule has 0 radical (unpaired) electrons. The van der Waals surface area contributed by atoms with Crippen molar-refractivity contribution in [1.29, 1.82) is 0 Å². The summed E-state index contributed by atoms with van der Waals surface area (Å²) in [6.07, 6.45) is 0. The quantitative estimate of drug-likeness (QED) is 0.749. The summed E-state index contributed by atoms with van der Waals surface area (Å²) in [4.78, 5) is 12.9. The smallest absolute Gasteiger partial charge is 0.168 e. The fraction of sp³-hybridized carbons (Fsp3) is 0.500. The van der Waals surface area contributed by atoms with E-state index in [1.165, 1.54) is 0 Å². The van der Waals surface area contributed by atoms with Crippen LogP contribution in [0.4, 0.5) is 0 Å². The van der Waals surface area contributed by atoms with Gasteiger partial charge in [-0.3, -0.25) is 4.79 Å². The van der Waals surface area contributed by atoms with Gasteiger partial charge in [-0.25, -0.2) is 0 Å². The SMILES string of the molecule is CNCC(C)C(=O)c1ccsc1C. The van der Waals surface area contributed by atoms with E-state index < -0.39 is 0 Å². The first kappa shape index (κ1) is 10.4. The second kappa shape index (κ2) is 4.53. The zero-order valence-electron chi connectivity index (χ0n) is 8.26. The second-order valence-corrected chi connectivity index (χ2v) is 4.33. The van der Waals surface area contributed by atoms with Crippen molar-refractivity contribution < 1.29 is 4.79 Å². The molecule has 0 aliphatic heterocycles. The van der Waals surface area contributed by atoms with Gasteiger partial charge in [-0.05, 0) is 25.4 Å². The van der Waals surface area contributed by atoms with Crippen LogP contribution in [0.2, 0.25) is 0 Å². The molecule has 1 heterocycles. The molecule has 3 heteroatoms.